The van der Waals surface area contributed by atoms with Crippen molar-refractivity contribution in [2.75, 3.05) is 0 Å². The van der Waals surface area contributed by atoms with Crippen molar-refractivity contribution in [3.8, 4) is 11.3 Å². The van der Waals surface area contributed by atoms with Crippen molar-refractivity contribution < 1.29 is 4.79 Å². The average molecular weight is 359 g/mol. The number of rotatable bonds is 5. The molecule has 0 spiro atoms. The van der Waals surface area contributed by atoms with E-state index in [2.05, 4.69) is 20.3 Å². The first-order chi connectivity index (χ1) is 13.2. The number of nitrogens with zero attached hydrogens (tertiary/aromatic N) is 3. The van der Waals surface area contributed by atoms with E-state index < -0.39 is 0 Å². The molecule has 2 N–H and O–H groups in total. The second kappa shape index (κ2) is 7.25. The third kappa shape index (κ3) is 3.77. The normalized spacial score (nSPS) is 10.8. The fourth-order valence-electron chi connectivity index (χ4n) is 2.81. The number of para-hydroxylation sites is 2. The van der Waals surface area contributed by atoms with Crippen LogP contribution in [-0.2, 0) is 17.9 Å². The molecule has 2 aromatic carbocycles. The summed E-state index contributed by atoms with van der Waals surface area (Å²) in [5.41, 5.74) is 2.96. The molecule has 4 rings (SSSR count). The van der Waals surface area contributed by atoms with E-state index in [9.17, 15) is 9.59 Å². The molecule has 7 nitrogen and oxygen atoms in total. The fourth-order valence-corrected chi connectivity index (χ4v) is 2.81. The zero-order chi connectivity index (χ0) is 18.6. The summed E-state index contributed by atoms with van der Waals surface area (Å²) in [5, 5.41) is 2.78. The first kappa shape index (κ1) is 16.7. The molecule has 0 atom stereocenters. The number of aromatic nitrogens is 4. The molecule has 0 radical (unpaired) electrons. The zero-order valence-electron chi connectivity index (χ0n) is 14.4. The van der Waals surface area contributed by atoms with Crippen LogP contribution in [0.1, 0.15) is 5.82 Å². The number of carbonyl (C=O) groups is 1. The summed E-state index contributed by atoms with van der Waals surface area (Å²) in [6.45, 7) is 0.181. The first-order valence-electron chi connectivity index (χ1n) is 8.51. The highest BCUT2D eigenvalue weighted by Crippen LogP contribution is 2.14. The predicted molar refractivity (Wildman–Crippen MR) is 102 cm³/mol. The van der Waals surface area contributed by atoms with Crippen LogP contribution in [0.5, 0.6) is 0 Å². The number of carbonyl (C=O) groups excluding carboxylic acids is 1. The third-order valence-corrected chi connectivity index (χ3v) is 4.15. The number of amides is 1. The van der Waals surface area contributed by atoms with E-state index >= 15 is 0 Å². The lowest BCUT2D eigenvalue weighted by Gasteiger charge is -2.08. The van der Waals surface area contributed by atoms with E-state index in [1.807, 2.05) is 54.6 Å². The average Bonchev–Trinajstić information content (AvgIpc) is 3.12. The predicted octanol–water partition coefficient (Wildman–Crippen LogP) is 2.10. The number of hydrogen-bond acceptors (Lipinski definition) is 4. The van der Waals surface area contributed by atoms with Crippen molar-refractivity contribution in [3.63, 3.8) is 0 Å². The summed E-state index contributed by atoms with van der Waals surface area (Å²) >= 11 is 0. The minimum atomic E-state index is -0.325. The monoisotopic (exact) mass is 359 g/mol. The quantitative estimate of drug-likeness (QED) is 0.571. The minimum absolute atomic E-state index is 0.0819. The van der Waals surface area contributed by atoms with E-state index in [1.54, 1.807) is 6.20 Å². The number of hydrogen-bond donors (Lipinski definition) is 2. The molecule has 0 saturated heterocycles. The van der Waals surface area contributed by atoms with E-state index in [0.29, 0.717) is 11.5 Å². The van der Waals surface area contributed by atoms with Crippen LogP contribution in [0.25, 0.3) is 22.3 Å². The zero-order valence-corrected chi connectivity index (χ0v) is 14.4. The molecule has 1 amide bonds. The molecule has 2 aromatic heterocycles. The van der Waals surface area contributed by atoms with Gasteiger partial charge in [-0.3, -0.25) is 9.59 Å². The van der Waals surface area contributed by atoms with Crippen LogP contribution in [0.3, 0.4) is 0 Å². The van der Waals surface area contributed by atoms with Gasteiger partial charge in [-0.15, -0.1) is 0 Å². The lowest BCUT2D eigenvalue weighted by molar-refractivity contribution is -0.121. The lowest BCUT2D eigenvalue weighted by atomic mass is 10.2. The Morgan fingerprint density at radius 3 is 2.67 bits per heavy atom. The Labute approximate surface area is 154 Å². The highest BCUT2D eigenvalue weighted by atomic mass is 16.2. The maximum absolute atomic E-state index is 12.3. The van der Waals surface area contributed by atoms with Gasteiger partial charge in [0.15, 0.2) is 0 Å². The van der Waals surface area contributed by atoms with Crippen molar-refractivity contribution in [2.45, 2.75) is 13.1 Å². The molecular weight excluding hydrogens is 342 g/mol. The highest BCUT2D eigenvalue weighted by Gasteiger charge is 2.09. The van der Waals surface area contributed by atoms with E-state index in [0.717, 1.165) is 16.6 Å². The van der Waals surface area contributed by atoms with Gasteiger partial charge < -0.3 is 14.9 Å². The molecule has 0 aliphatic carbocycles. The van der Waals surface area contributed by atoms with Crippen LogP contribution in [0.2, 0.25) is 0 Å². The molecule has 0 unspecified atom stereocenters. The Morgan fingerprint density at radius 2 is 1.85 bits per heavy atom. The second-order valence-electron chi connectivity index (χ2n) is 6.08. The maximum Gasteiger partial charge on any atom is 0.269 e. The number of fused-ring (bicyclic) bond motifs is 1. The van der Waals surface area contributed by atoms with Crippen LogP contribution in [-0.4, -0.2) is 25.4 Å². The molecule has 0 saturated carbocycles. The van der Waals surface area contributed by atoms with Gasteiger partial charge in [-0.25, -0.2) is 9.97 Å². The van der Waals surface area contributed by atoms with E-state index in [1.165, 1.54) is 10.8 Å². The summed E-state index contributed by atoms with van der Waals surface area (Å²) in [6.07, 6.45) is 2.83. The fraction of sp³-hybridized carbons (Fsp3) is 0.100. The van der Waals surface area contributed by atoms with Gasteiger partial charge >= 0.3 is 0 Å². The first-order valence-corrected chi connectivity index (χ1v) is 8.51. The van der Waals surface area contributed by atoms with E-state index in [4.69, 9.17) is 0 Å². The Kier molecular flexibility index (Phi) is 4.49. The smallest absolute Gasteiger partial charge is 0.269 e. The number of nitrogens with one attached hydrogen (secondary N) is 2. The molecular formula is C20H17N5O2. The molecule has 2 heterocycles. The van der Waals surface area contributed by atoms with Crippen molar-refractivity contribution in [1.82, 2.24) is 24.8 Å². The van der Waals surface area contributed by atoms with Crippen molar-refractivity contribution in [1.29, 1.82) is 0 Å². The largest absolute Gasteiger partial charge is 0.347 e. The number of imidazole rings is 1. The molecule has 0 bridgehead atoms. The van der Waals surface area contributed by atoms with Gasteiger partial charge in [-0.1, -0.05) is 42.5 Å². The van der Waals surface area contributed by atoms with Gasteiger partial charge in [0, 0.05) is 11.8 Å². The Balaban J connectivity index is 1.45. The van der Waals surface area contributed by atoms with Crippen LogP contribution in [0.15, 0.2) is 71.8 Å². The summed E-state index contributed by atoms with van der Waals surface area (Å²) in [7, 11) is 0. The molecule has 7 heteroatoms. The third-order valence-electron chi connectivity index (χ3n) is 4.15. The number of aromatic amines is 1. The Hall–Kier alpha value is -3.74. The number of H-pyrrole nitrogens is 1. The van der Waals surface area contributed by atoms with Crippen LogP contribution in [0.4, 0.5) is 0 Å². The van der Waals surface area contributed by atoms with Crippen molar-refractivity contribution in [2.24, 2.45) is 0 Å². The maximum atomic E-state index is 12.3. The summed E-state index contributed by atoms with van der Waals surface area (Å²) in [6, 6.07) is 17.2. The SMILES string of the molecule is O=C(Cn1cc(-c2ccccc2)ncc1=O)NCc1nc2ccccc2[nH]1. The van der Waals surface area contributed by atoms with Gasteiger partial charge in [0.1, 0.15) is 12.4 Å². The summed E-state index contributed by atoms with van der Waals surface area (Å²) < 4.78 is 1.35. The topological polar surface area (TPSA) is 92.7 Å². The summed E-state index contributed by atoms with van der Waals surface area (Å²) in [4.78, 5) is 36.0. The van der Waals surface area contributed by atoms with Gasteiger partial charge in [-0.2, -0.15) is 0 Å². The summed E-state index contributed by atoms with van der Waals surface area (Å²) in [5.74, 6) is 0.388. The van der Waals surface area contributed by atoms with Crippen LogP contribution >= 0.6 is 0 Å². The van der Waals surface area contributed by atoms with Gasteiger partial charge in [0.05, 0.1) is 29.5 Å². The van der Waals surface area contributed by atoms with Crippen LogP contribution in [0, 0.1) is 0 Å². The van der Waals surface area contributed by atoms with E-state index in [-0.39, 0.29) is 24.6 Å². The number of benzene rings is 2. The second-order valence-corrected chi connectivity index (χ2v) is 6.08. The Bertz CT molecular complexity index is 1110. The van der Waals surface area contributed by atoms with Crippen molar-refractivity contribution in [3.05, 3.63) is 83.2 Å². The molecule has 0 aliphatic rings. The van der Waals surface area contributed by atoms with Gasteiger partial charge in [0.2, 0.25) is 5.91 Å². The van der Waals surface area contributed by atoms with Crippen LogP contribution < -0.4 is 10.9 Å². The molecule has 4 aromatic rings. The lowest BCUT2D eigenvalue weighted by Crippen LogP contribution is -2.32. The van der Waals surface area contributed by atoms with Gasteiger partial charge in [0.25, 0.3) is 5.56 Å². The molecule has 134 valence electrons. The van der Waals surface area contributed by atoms with Crippen molar-refractivity contribution >= 4 is 16.9 Å². The molecule has 27 heavy (non-hydrogen) atoms. The highest BCUT2D eigenvalue weighted by molar-refractivity contribution is 5.77. The van der Waals surface area contributed by atoms with Gasteiger partial charge in [-0.05, 0) is 12.1 Å². The standard InChI is InChI=1S/C20H17N5O2/c26-19(22-10-18-23-15-8-4-5-9-16(15)24-18)13-25-12-17(21-11-20(25)27)14-6-2-1-3-7-14/h1-9,11-12H,10,13H2,(H,22,26)(H,23,24). The molecule has 0 fully saturated rings. The minimum Gasteiger partial charge on any atom is -0.347 e. The molecule has 0 aliphatic heterocycles. The Morgan fingerprint density at radius 1 is 1.07 bits per heavy atom.